The minimum absolute atomic E-state index is 0.442. The molecule has 2 atom stereocenters. The molecule has 2 N–H and O–H groups in total. The molecule has 0 amide bonds. The Hall–Kier alpha value is -0.240. The maximum Gasteiger partial charge on any atom is 0.231 e. The Morgan fingerprint density at radius 2 is 1.12 bits per heavy atom. The van der Waals surface area contributed by atoms with E-state index in [0.29, 0.717) is 12.8 Å². The summed E-state index contributed by atoms with van der Waals surface area (Å²) in [5.74, 6) is -2.52. The molecule has 0 spiro atoms. The van der Waals surface area contributed by atoms with Gasteiger partial charge in [0, 0.05) is 12.8 Å². The molecule has 98 valence electrons. The van der Waals surface area contributed by atoms with E-state index in [1.165, 1.54) is 13.8 Å². The van der Waals surface area contributed by atoms with Crippen molar-refractivity contribution in [3.63, 3.8) is 0 Å². The van der Waals surface area contributed by atoms with Gasteiger partial charge in [0.05, 0.1) is 0 Å². The topological polar surface area (TPSA) is 77.4 Å². The van der Waals surface area contributed by atoms with Crippen LogP contribution >= 0.6 is 0 Å². The Balaban J connectivity index is 4.26. The van der Waals surface area contributed by atoms with E-state index in [2.05, 4.69) is 9.78 Å². The highest BCUT2D eigenvalue weighted by Gasteiger charge is 2.34. The third-order valence-electron chi connectivity index (χ3n) is 2.19. The third-order valence-corrected chi connectivity index (χ3v) is 2.19. The van der Waals surface area contributed by atoms with Crippen molar-refractivity contribution in [1.82, 2.24) is 0 Å². The summed E-state index contributed by atoms with van der Waals surface area (Å²) in [6.07, 6.45) is 2.37. The largest absolute Gasteiger partial charge is 0.249 e. The van der Waals surface area contributed by atoms with Crippen molar-refractivity contribution in [2.45, 2.75) is 65.0 Å². The van der Waals surface area contributed by atoms with Gasteiger partial charge in [-0.3, -0.25) is 0 Å². The van der Waals surface area contributed by atoms with Crippen LogP contribution in [0, 0.1) is 0 Å². The van der Waals surface area contributed by atoms with Gasteiger partial charge >= 0.3 is 0 Å². The minimum Gasteiger partial charge on any atom is -0.249 e. The van der Waals surface area contributed by atoms with Crippen LogP contribution < -0.4 is 0 Å². The fourth-order valence-electron chi connectivity index (χ4n) is 1.29. The molecule has 0 aliphatic rings. The van der Waals surface area contributed by atoms with Crippen LogP contribution in [0.5, 0.6) is 0 Å². The van der Waals surface area contributed by atoms with Gasteiger partial charge in [0.1, 0.15) is 0 Å². The summed E-state index contributed by atoms with van der Waals surface area (Å²) in [5.41, 5.74) is 0. The van der Waals surface area contributed by atoms with E-state index in [-0.39, 0.29) is 0 Å². The molecule has 0 radical (unpaired) electrons. The minimum atomic E-state index is -1.26. The molecule has 0 rings (SSSR count). The molecule has 6 heteroatoms. The van der Waals surface area contributed by atoms with Crippen molar-refractivity contribution in [3.8, 4) is 0 Å². The van der Waals surface area contributed by atoms with Crippen molar-refractivity contribution in [3.05, 3.63) is 0 Å². The zero-order valence-electron chi connectivity index (χ0n) is 10.4. The molecule has 2 unspecified atom stereocenters. The summed E-state index contributed by atoms with van der Waals surface area (Å²) >= 11 is 0. The van der Waals surface area contributed by atoms with Crippen molar-refractivity contribution in [2.24, 2.45) is 0 Å². The Labute approximate surface area is 95.9 Å². The van der Waals surface area contributed by atoms with Crippen molar-refractivity contribution in [1.29, 1.82) is 0 Å². The lowest BCUT2D eigenvalue weighted by molar-refractivity contribution is -0.567. The second-order valence-corrected chi connectivity index (χ2v) is 4.12. The maximum atomic E-state index is 8.71. The van der Waals surface area contributed by atoms with Gasteiger partial charge in [0.2, 0.25) is 11.6 Å². The summed E-state index contributed by atoms with van der Waals surface area (Å²) in [4.78, 5) is 18.4. The van der Waals surface area contributed by atoms with Crippen LogP contribution in [-0.4, -0.2) is 22.1 Å². The first-order chi connectivity index (χ1) is 7.45. The maximum absolute atomic E-state index is 8.71. The molecule has 6 nitrogen and oxygen atoms in total. The zero-order valence-corrected chi connectivity index (χ0v) is 10.4. The zero-order chi connectivity index (χ0) is 12.7. The summed E-state index contributed by atoms with van der Waals surface area (Å²) in [5, 5.41) is 17.4. The van der Waals surface area contributed by atoms with E-state index in [4.69, 9.17) is 20.3 Å². The lowest BCUT2D eigenvalue weighted by Gasteiger charge is -2.30. The van der Waals surface area contributed by atoms with Gasteiger partial charge in [-0.25, -0.2) is 20.3 Å². The third kappa shape index (κ3) is 5.20. The molecule has 0 bridgehead atoms. The first-order valence-electron chi connectivity index (χ1n) is 5.47. The van der Waals surface area contributed by atoms with Crippen LogP contribution in [-0.2, 0) is 19.6 Å². The molecule has 16 heavy (non-hydrogen) atoms. The predicted octanol–water partition coefficient (Wildman–Crippen LogP) is 2.95. The van der Waals surface area contributed by atoms with Crippen molar-refractivity contribution < 1.29 is 30.1 Å². The second-order valence-electron chi connectivity index (χ2n) is 4.12. The fraction of sp³-hybridized carbons (Fsp3) is 1.00. The Morgan fingerprint density at radius 1 is 0.812 bits per heavy atom. The van der Waals surface area contributed by atoms with Gasteiger partial charge in [-0.2, -0.15) is 9.78 Å². The average Bonchev–Trinajstić information content (AvgIpc) is 2.27. The monoisotopic (exact) mass is 238 g/mol. The van der Waals surface area contributed by atoms with Gasteiger partial charge < -0.3 is 0 Å². The summed E-state index contributed by atoms with van der Waals surface area (Å²) in [6.45, 7) is 6.88. The average molecular weight is 238 g/mol. The smallest absolute Gasteiger partial charge is 0.231 e. The molecule has 0 heterocycles. The Bertz CT molecular complexity index is 168. The molecule has 0 saturated heterocycles. The number of rotatable bonds is 9. The number of hydrogen-bond acceptors (Lipinski definition) is 6. The molecule has 0 aromatic rings. The van der Waals surface area contributed by atoms with E-state index < -0.39 is 11.6 Å². The Kier molecular flexibility index (Phi) is 7.05. The molecule has 0 aromatic carbocycles. The van der Waals surface area contributed by atoms with Gasteiger partial charge in [0.15, 0.2) is 0 Å². The van der Waals surface area contributed by atoms with Crippen molar-refractivity contribution >= 4 is 0 Å². The lowest BCUT2D eigenvalue weighted by atomic mass is 10.2. The Morgan fingerprint density at radius 3 is 1.31 bits per heavy atom. The molecule has 0 aromatic heterocycles. The van der Waals surface area contributed by atoms with E-state index in [1.807, 2.05) is 13.8 Å². The SMILES string of the molecule is CCCC(C)(OO)OOC(C)(CCC)OO. The van der Waals surface area contributed by atoms with Crippen LogP contribution in [0.1, 0.15) is 53.4 Å². The predicted molar refractivity (Wildman–Crippen MR) is 56.2 cm³/mol. The molecule has 0 aliphatic heterocycles. The second kappa shape index (κ2) is 7.16. The molecule has 0 saturated carbocycles. The summed E-state index contributed by atoms with van der Waals surface area (Å²) < 4.78 is 0. The standard InChI is InChI=1S/C10H22O6/c1-5-7-9(3,13-11)15-16-10(4,14-12)8-6-2/h11-12H,5-8H2,1-4H3. The quantitative estimate of drug-likeness (QED) is 0.365. The molecular weight excluding hydrogens is 216 g/mol. The van der Waals surface area contributed by atoms with E-state index in [9.17, 15) is 0 Å². The molecular formula is C10H22O6. The van der Waals surface area contributed by atoms with Gasteiger partial charge in [-0.1, -0.05) is 26.7 Å². The van der Waals surface area contributed by atoms with E-state index in [1.54, 1.807) is 0 Å². The highest BCUT2D eigenvalue weighted by molar-refractivity contribution is 4.60. The van der Waals surface area contributed by atoms with Crippen LogP contribution in [0.2, 0.25) is 0 Å². The highest BCUT2D eigenvalue weighted by atomic mass is 17.3. The van der Waals surface area contributed by atoms with Crippen LogP contribution in [0.4, 0.5) is 0 Å². The van der Waals surface area contributed by atoms with Crippen LogP contribution in [0.15, 0.2) is 0 Å². The summed E-state index contributed by atoms with van der Waals surface area (Å²) in [7, 11) is 0. The normalized spacial score (nSPS) is 19.1. The van der Waals surface area contributed by atoms with E-state index in [0.717, 1.165) is 12.8 Å². The first kappa shape index (κ1) is 15.8. The van der Waals surface area contributed by atoms with Gasteiger partial charge in [-0.05, 0) is 13.8 Å². The molecule has 0 fully saturated rings. The summed E-state index contributed by atoms with van der Waals surface area (Å²) in [6, 6.07) is 0. The lowest BCUT2D eigenvalue weighted by Crippen LogP contribution is -2.39. The highest BCUT2D eigenvalue weighted by Crippen LogP contribution is 2.25. The first-order valence-corrected chi connectivity index (χ1v) is 5.47. The van der Waals surface area contributed by atoms with Crippen molar-refractivity contribution in [2.75, 3.05) is 0 Å². The van der Waals surface area contributed by atoms with Gasteiger partial charge in [0.25, 0.3) is 0 Å². The van der Waals surface area contributed by atoms with E-state index >= 15 is 0 Å². The van der Waals surface area contributed by atoms with Gasteiger partial charge in [-0.15, -0.1) is 0 Å². The van der Waals surface area contributed by atoms with Crippen LogP contribution in [0.25, 0.3) is 0 Å². The number of hydrogen-bond donors (Lipinski definition) is 2. The fourth-order valence-corrected chi connectivity index (χ4v) is 1.29. The van der Waals surface area contributed by atoms with Crippen LogP contribution in [0.3, 0.4) is 0 Å². The molecule has 0 aliphatic carbocycles.